The first-order valence-corrected chi connectivity index (χ1v) is 7.98. The number of aliphatic carboxylic acids is 1. The third-order valence-electron chi connectivity index (χ3n) is 3.03. The zero-order valence-corrected chi connectivity index (χ0v) is 14.2. The molecule has 0 atom stereocenters. The number of benzene rings is 1. The second-order valence-electron chi connectivity index (χ2n) is 4.97. The normalized spacial score (nSPS) is 10.4. The number of aromatic nitrogens is 1. The first-order valence-electron chi connectivity index (χ1n) is 7.16. The third-order valence-corrected chi connectivity index (χ3v) is 4.16. The summed E-state index contributed by atoms with van der Waals surface area (Å²) in [7, 11) is 1.58. The van der Waals surface area contributed by atoms with Gasteiger partial charge in [0.25, 0.3) is 5.91 Å². The molecule has 0 aliphatic rings. The smallest absolute Gasteiger partial charge is 0.341 e. The van der Waals surface area contributed by atoms with Crippen molar-refractivity contribution >= 4 is 23.2 Å². The Balaban J connectivity index is 1.96. The van der Waals surface area contributed by atoms with Crippen molar-refractivity contribution in [3.8, 4) is 5.75 Å². The lowest BCUT2D eigenvalue weighted by atomic mass is 10.2. The molecule has 0 saturated heterocycles. The molecule has 0 aliphatic carbocycles. The van der Waals surface area contributed by atoms with Crippen LogP contribution in [0.15, 0.2) is 24.3 Å². The zero-order chi connectivity index (χ0) is 17.5. The maximum absolute atomic E-state index is 12.3. The molecule has 0 fully saturated rings. The number of nitrogens with zero attached hydrogens (tertiary/aromatic N) is 1. The minimum absolute atomic E-state index is 0.204. The number of amides is 1. The molecule has 1 amide bonds. The summed E-state index contributed by atoms with van der Waals surface area (Å²) in [6, 6.07) is 6.93. The molecule has 7 nitrogen and oxygen atoms in total. The number of rotatable bonds is 8. The van der Waals surface area contributed by atoms with E-state index in [1.165, 1.54) is 11.3 Å². The van der Waals surface area contributed by atoms with Gasteiger partial charge in [0.15, 0.2) is 6.61 Å². The average Bonchev–Trinajstić information content (AvgIpc) is 2.92. The van der Waals surface area contributed by atoms with E-state index in [1.54, 1.807) is 32.2 Å². The fourth-order valence-electron chi connectivity index (χ4n) is 2.00. The first kappa shape index (κ1) is 17.9. The Hall–Kier alpha value is -2.45. The number of ether oxygens (including phenoxy) is 2. The van der Waals surface area contributed by atoms with E-state index in [0.717, 1.165) is 10.6 Å². The number of carboxylic acid groups (broad SMARTS) is 1. The minimum atomic E-state index is -1.04. The molecule has 2 aromatic rings. The van der Waals surface area contributed by atoms with Crippen molar-refractivity contribution < 1.29 is 24.2 Å². The van der Waals surface area contributed by atoms with Crippen LogP contribution < -0.4 is 10.1 Å². The van der Waals surface area contributed by atoms with E-state index in [-0.39, 0.29) is 5.91 Å². The number of hydrogen-bond donors (Lipinski definition) is 2. The topological polar surface area (TPSA) is 97.8 Å². The summed E-state index contributed by atoms with van der Waals surface area (Å²) in [5.74, 6) is -0.800. The molecule has 0 unspecified atom stereocenters. The average molecular weight is 350 g/mol. The van der Waals surface area contributed by atoms with Crippen LogP contribution >= 0.6 is 11.3 Å². The SMILES string of the molecule is COCc1nc(C)c(C(=O)NCc2cccc(OCC(=O)O)c2)s1. The van der Waals surface area contributed by atoms with Crippen LogP contribution in [0.3, 0.4) is 0 Å². The Labute approximate surface area is 143 Å². The van der Waals surface area contributed by atoms with E-state index in [2.05, 4.69) is 10.3 Å². The van der Waals surface area contributed by atoms with Gasteiger partial charge < -0.3 is 19.9 Å². The molecule has 8 heteroatoms. The van der Waals surface area contributed by atoms with Crippen LogP contribution in [0.2, 0.25) is 0 Å². The third kappa shape index (κ3) is 5.04. The number of methoxy groups -OCH3 is 1. The number of aryl methyl sites for hydroxylation is 1. The van der Waals surface area contributed by atoms with Crippen molar-refractivity contribution in [2.24, 2.45) is 0 Å². The van der Waals surface area contributed by atoms with E-state index >= 15 is 0 Å². The Kier molecular flexibility index (Phi) is 6.28. The predicted molar refractivity (Wildman–Crippen MR) is 88.3 cm³/mol. The molecule has 0 saturated carbocycles. The van der Waals surface area contributed by atoms with Crippen molar-refractivity contribution in [2.45, 2.75) is 20.1 Å². The van der Waals surface area contributed by atoms with Gasteiger partial charge in [-0.1, -0.05) is 12.1 Å². The second kappa shape index (κ2) is 8.42. The number of carbonyl (C=O) groups excluding carboxylic acids is 1. The molecule has 0 aliphatic heterocycles. The monoisotopic (exact) mass is 350 g/mol. The lowest BCUT2D eigenvalue weighted by Gasteiger charge is -2.07. The molecule has 0 bridgehead atoms. The maximum atomic E-state index is 12.3. The van der Waals surface area contributed by atoms with E-state index in [9.17, 15) is 9.59 Å². The van der Waals surface area contributed by atoms with Crippen LogP contribution in [-0.2, 0) is 22.7 Å². The van der Waals surface area contributed by atoms with Gasteiger partial charge in [0.1, 0.15) is 15.6 Å². The summed E-state index contributed by atoms with van der Waals surface area (Å²) in [6.45, 7) is 2.06. The zero-order valence-electron chi connectivity index (χ0n) is 13.4. The van der Waals surface area contributed by atoms with Gasteiger partial charge in [-0.3, -0.25) is 4.79 Å². The van der Waals surface area contributed by atoms with Gasteiger partial charge in [0.2, 0.25) is 0 Å². The Morgan fingerprint density at radius 2 is 2.17 bits per heavy atom. The van der Waals surface area contributed by atoms with Crippen molar-refractivity contribution in [3.05, 3.63) is 45.4 Å². The van der Waals surface area contributed by atoms with Crippen molar-refractivity contribution in [3.63, 3.8) is 0 Å². The van der Waals surface area contributed by atoms with Crippen molar-refractivity contribution in [1.82, 2.24) is 10.3 Å². The molecular formula is C16H18N2O5S. The fraction of sp³-hybridized carbons (Fsp3) is 0.312. The van der Waals surface area contributed by atoms with Gasteiger partial charge in [-0.05, 0) is 24.6 Å². The van der Waals surface area contributed by atoms with Crippen LogP contribution in [0, 0.1) is 6.92 Å². The van der Waals surface area contributed by atoms with Crippen LogP contribution in [0.1, 0.15) is 25.9 Å². The van der Waals surface area contributed by atoms with Gasteiger partial charge >= 0.3 is 5.97 Å². The molecule has 1 heterocycles. The molecular weight excluding hydrogens is 332 g/mol. The lowest BCUT2D eigenvalue weighted by molar-refractivity contribution is -0.139. The highest BCUT2D eigenvalue weighted by atomic mass is 32.1. The largest absolute Gasteiger partial charge is 0.482 e. The van der Waals surface area contributed by atoms with Gasteiger partial charge in [-0.2, -0.15) is 0 Å². The quantitative estimate of drug-likeness (QED) is 0.756. The summed E-state index contributed by atoms with van der Waals surface area (Å²) < 4.78 is 10.1. The van der Waals surface area contributed by atoms with Crippen LogP contribution in [0.25, 0.3) is 0 Å². The highest BCUT2D eigenvalue weighted by molar-refractivity contribution is 7.13. The summed E-state index contributed by atoms with van der Waals surface area (Å²) in [6.07, 6.45) is 0. The Bertz CT molecular complexity index is 729. The van der Waals surface area contributed by atoms with Gasteiger partial charge in [-0.15, -0.1) is 11.3 Å². The van der Waals surface area contributed by atoms with Crippen molar-refractivity contribution in [1.29, 1.82) is 0 Å². The van der Waals surface area contributed by atoms with E-state index < -0.39 is 12.6 Å². The first-order chi connectivity index (χ1) is 11.5. The predicted octanol–water partition coefficient (Wildman–Crippen LogP) is 1.99. The van der Waals surface area contributed by atoms with Crippen LogP contribution in [0.5, 0.6) is 5.75 Å². The molecule has 128 valence electrons. The standard InChI is InChI=1S/C16H18N2O5S/c1-10-15(24-13(18-10)8-22-2)16(21)17-7-11-4-3-5-12(6-11)23-9-14(19)20/h3-6H,7-9H2,1-2H3,(H,17,21)(H,19,20). The molecule has 2 N–H and O–H groups in total. The Morgan fingerprint density at radius 3 is 2.88 bits per heavy atom. The van der Waals surface area contributed by atoms with Crippen LogP contribution in [-0.4, -0.2) is 35.7 Å². The van der Waals surface area contributed by atoms with Gasteiger partial charge in [0, 0.05) is 13.7 Å². The minimum Gasteiger partial charge on any atom is -0.482 e. The van der Waals surface area contributed by atoms with E-state index in [4.69, 9.17) is 14.6 Å². The summed E-state index contributed by atoms with van der Waals surface area (Å²) in [4.78, 5) is 27.6. The number of hydrogen-bond acceptors (Lipinski definition) is 6. The highest BCUT2D eigenvalue weighted by Crippen LogP contribution is 2.19. The molecule has 2 rings (SSSR count). The molecule has 24 heavy (non-hydrogen) atoms. The lowest BCUT2D eigenvalue weighted by Crippen LogP contribution is -2.22. The molecule has 1 aromatic carbocycles. The molecule has 0 spiro atoms. The number of nitrogens with one attached hydrogen (secondary N) is 1. The number of carbonyl (C=O) groups is 2. The molecule has 0 radical (unpaired) electrons. The summed E-state index contributed by atoms with van der Waals surface area (Å²) in [5.41, 5.74) is 1.48. The fourth-order valence-corrected chi connectivity index (χ4v) is 2.95. The summed E-state index contributed by atoms with van der Waals surface area (Å²) in [5, 5.41) is 12.2. The second-order valence-corrected chi connectivity index (χ2v) is 6.05. The van der Waals surface area contributed by atoms with Crippen molar-refractivity contribution in [2.75, 3.05) is 13.7 Å². The molecule has 1 aromatic heterocycles. The number of thiazole rings is 1. The number of carboxylic acids is 1. The van der Waals surface area contributed by atoms with Crippen LogP contribution in [0.4, 0.5) is 0 Å². The highest BCUT2D eigenvalue weighted by Gasteiger charge is 2.15. The van der Waals surface area contributed by atoms with E-state index in [0.29, 0.717) is 29.5 Å². The Morgan fingerprint density at radius 1 is 1.38 bits per heavy atom. The maximum Gasteiger partial charge on any atom is 0.341 e. The van der Waals surface area contributed by atoms with Gasteiger partial charge in [0.05, 0.1) is 12.3 Å². The summed E-state index contributed by atoms with van der Waals surface area (Å²) >= 11 is 1.30. The van der Waals surface area contributed by atoms with E-state index in [1.807, 2.05) is 6.07 Å². The van der Waals surface area contributed by atoms with Gasteiger partial charge in [-0.25, -0.2) is 9.78 Å².